The van der Waals surface area contributed by atoms with Crippen LogP contribution in [-0.2, 0) is 9.59 Å². The van der Waals surface area contributed by atoms with Crippen LogP contribution >= 0.6 is 0 Å². The lowest BCUT2D eigenvalue weighted by Crippen LogP contribution is -1.78. The van der Waals surface area contributed by atoms with Crippen molar-refractivity contribution < 1.29 is 9.59 Å². The van der Waals surface area contributed by atoms with Crippen LogP contribution in [-0.4, -0.2) is 12.6 Å². The van der Waals surface area contributed by atoms with Crippen molar-refractivity contribution in [1.82, 2.24) is 0 Å². The van der Waals surface area contributed by atoms with Crippen molar-refractivity contribution in [3.05, 3.63) is 59.7 Å². The summed E-state index contributed by atoms with van der Waals surface area (Å²) in [4.78, 5) is 21.0. The third-order valence-corrected chi connectivity index (χ3v) is 2.21. The fraction of sp³-hybridized carbons (Fsp3) is 0. The fourth-order valence-electron chi connectivity index (χ4n) is 1.38. The van der Waals surface area contributed by atoms with E-state index in [9.17, 15) is 9.59 Å². The molecular weight excluding hydrogens is 228 g/mol. The summed E-state index contributed by atoms with van der Waals surface area (Å²) in [5, 5.41) is 7.95. The molecule has 0 saturated heterocycles. The maximum absolute atomic E-state index is 10.5. The summed E-state index contributed by atoms with van der Waals surface area (Å²) in [5.41, 5.74) is 1.94. The number of azo groups is 1. The highest BCUT2D eigenvalue weighted by Crippen LogP contribution is 2.19. The van der Waals surface area contributed by atoms with Gasteiger partial charge in [-0.2, -0.15) is 10.2 Å². The zero-order valence-corrected chi connectivity index (χ0v) is 9.33. The summed E-state index contributed by atoms with van der Waals surface area (Å²) in [6.45, 7) is 0. The zero-order chi connectivity index (χ0) is 12.8. The first-order valence-electron chi connectivity index (χ1n) is 5.20. The van der Waals surface area contributed by atoms with Crippen molar-refractivity contribution in [2.45, 2.75) is 0 Å². The van der Waals surface area contributed by atoms with Gasteiger partial charge in [-0.05, 0) is 24.3 Å². The highest BCUT2D eigenvalue weighted by Gasteiger charge is 1.96. The highest BCUT2D eigenvalue weighted by molar-refractivity contribution is 5.77. The number of carbonyl (C=O) groups excluding carboxylic acids is 2. The molecule has 0 fully saturated rings. The number of rotatable bonds is 4. The maximum Gasteiger partial charge on any atom is 0.233 e. The van der Waals surface area contributed by atoms with Gasteiger partial charge in [0.2, 0.25) is 12.6 Å². The normalized spacial score (nSPS) is 10.4. The second-order valence-electron chi connectivity index (χ2n) is 3.50. The Morgan fingerprint density at radius 1 is 0.722 bits per heavy atom. The van der Waals surface area contributed by atoms with Crippen LogP contribution in [0.3, 0.4) is 0 Å². The Morgan fingerprint density at radius 2 is 1.17 bits per heavy atom. The molecule has 0 aliphatic heterocycles. The molecule has 2 aromatic carbocycles. The van der Waals surface area contributed by atoms with Crippen molar-refractivity contribution in [3.8, 4) is 0 Å². The summed E-state index contributed by atoms with van der Waals surface area (Å²) in [6, 6.07) is 13.3. The molecule has 0 N–H and O–H groups in total. The van der Waals surface area contributed by atoms with E-state index in [1.807, 2.05) is 0 Å². The molecule has 4 heteroatoms. The van der Waals surface area contributed by atoms with Crippen LogP contribution in [0.5, 0.6) is 0 Å². The maximum atomic E-state index is 10.5. The molecular formula is C14H8N2O2. The van der Waals surface area contributed by atoms with Gasteiger partial charge in [-0.15, -0.1) is 0 Å². The van der Waals surface area contributed by atoms with Gasteiger partial charge in [0.05, 0.1) is 11.4 Å². The Balaban J connectivity index is 2.23. The van der Waals surface area contributed by atoms with Gasteiger partial charge >= 0.3 is 0 Å². The van der Waals surface area contributed by atoms with Gasteiger partial charge in [-0.3, -0.25) is 9.59 Å². The summed E-state index contributed by atoms with van der Waals surface area (Å²) in [5.74, 6) is 0. The molecule has 18 heavy (non-hydrogen) atoms. The highest BCUT2D eigenvalue weighted by atomic mass is 16.1. The minimum Gasteiger partial charge on any atom is -0.285 e. The van der Waals surface area contributed by atoms with E-state index < -0.39 is 0 Å². The summed E-state index contributed by atoms with van der Waals surface area (Å²) in [7, 11) is 0. The van der Waals surface area contributed by atoms with E-state index in [2.05, 4.69) is 10.2 Å². The van der Waals surface area contributed by atoms with Crippen molar-refractivity contribution in [1.29, 1.82) is 0 Å². The minimum absolute atomic E-state index is 0.418. The Morgan fingerprint density at radius 3 is 1.56 bits per heavy atom. The van der Waals surface area contributed by atoms with Crippen molar-refractivity contribution >= 4 is 23.9 Å². The van der Waals surface area contributed by atoms with Gasteiger partial charge in [0.15, 0.2) is 0 Å². The van der Waals surface area contributed by atoms with Crippen LogP contribution in [0.4, 0.5) is 11.4 Å². The van der Waals surface area contributed by atoms with E-state index in [1.165, 1.54) is 0 Å². The molecule has 0 atom stereocenters. The Labute approximate surface area is 104 Å². The Kier molecular flexibility index (Phi) is 3.71. The first-order chi connectivity index (χ1) is 8.81. The van der Waals surface area contributed by atoms with E-state index in [4.69, 9.17) is 0 Å². The van der Waals surface area contributed by atoms with Crippen LogP contribution in [0.1, 0.15) is 11.1 Å². The molecule has 2 rings (SSSR count). The molecule has 2 radical (unpaired) electrons. The first-order valence-corrected chi connectivity index (χ1v) is 5.20. The van der Waals surface area contributed by atoms with E-state index in [0.717, 1.165) is 0 Å². The smallest absolute Gasteiger partial charge is 0.233 e. The lowest BCUT2D eigenvalue weighted by atomic mass is 10.2. The number of hydrogen-bond acceptors (Lipinski definition) is 4. The second-order valence-corrected chi connectivity index (χ2v) is 3.50. The molecule has 0 amide bonds. The number of nitrogens with zero attached hydrogens (tertiary/aromatic N) is 2. The molecule has 0 unspecified atom stereocenters. The quantitative estimate of drug-likeness (QED) is 0.766. The monoisotopic (exact) mass is 236 g/mol. The lowest BCUT2D eigenvalue weighted by molar-refractivity contribution is 0.562. The first kappa shape index (κ1) is 11.9. The van der Waals surface area contributed by atoms with Gasteiger partial charge in [0, 0.05) is 11.1 Å². The van der Waals surface area contributed by atoms with Crippen molar-refractivity contribution in [2.24, 2.45) is 10.2 Å². The van der Waals surface area contributed by atoms with Crippen molar-refractivity contribution in [2.75, 3.05) is 0 Å². The summed E-state index contributed by atoms with van der Waals surface area (Å²) in [6.07, 6.45) is 3.56. The summed E-state index contributed by atoms with van der Waals surface area (Å²) >= 11 is 0. The van der Waals surface area contributed by atoms with Gasteiger partial charge in [0.1, 0.15) is 0 Å². The Bertz CT molecular complexity index is 553. The topological polar surface area (TPSA) is 58.9 Å². The molecule has 0 aliphatic carbocycles. The average molecular weight is 236 g/mol. The molecule has 4 nitrogen and oxygen atoms in total. The van der Waals surface area contributed by atoms with Crippen molar-refractivity contribution in [3.63, 3.8) is 0 Å². The largest absolute Gasteiger partial charge is 0.285 e. The third kappa shape index (κ3) is 2.95. The van der Waals surface area contributed by atoms with Crippen LogP contribution in [0, 0.1) is 0 Å². The summed E-state index contributed by atoms with van der Waals surface area (Å²) < 4.78 is 0. The molecule has 2 aromatic rings. The molecule has 0 aromatic heterocycles. The molecule has 0 heterocycles. The molecule has 0 saturated carbocycles. The SMILES string of the molecule is O=[C]c1cccc(N=Nc2cccc([C]=O)c2)c1. The van der Waals surface area contributed by atoms with Gasteiger partial charge in [0.25, 0.3) is 0 Å². The van der Waals surface area contributed by atoms with Crippen LogP contribution in [0.15, 0.2) is 58.8 Å². The van der Waals surface area contributed by atoms with Gasteiger partial charge in [-0.1, -0.05) is 24.3 Å². The van der Waals surface area contributed by atoms with E-state index >= 15 is 0 Å². The molecule has 86 valence electrons. The molecule has 0 bridgehead atoms. The zero-order valence-electron chi connectivity index (χ0n) is 9.33. The average Bonchev–Trinajstić information content (AvgIpc) is 2.45. The van der Waals surface area contributed by atoms with Gasteiger partial charge < -0.3 is 0 Å². The number of hydrogen-bond donors (Lipinski definition) is 0. The van der Waals surface area contributed by atoms with E-state index in [-0.39, 0.29) is 0 Å². The Hall–Kier alpha value is -2.62. The standard InChI is InChI=1S/C14H8N2O2/c17-9-11-3-1-5-13(7-11)15-16-14-6-2-4-12(8-14)10-18/h1-8H. The lowest BCUT2D eigenvalue weighted by Gasteiger charge is -1.95. The van der Waals surface area contributed by atoms with E-state index in [1.54, 1.807) is 61.1 Å². The minimum atomic E-state index is 0.418. The second kappa shape index (κ2) is 5.63. The van der Waals surface area contributed by atoms with E-state index in [0.29, 0.717) is 22.5 Å². The predicted molar refractivity (Wildman–Crippen MR) is 66.7 cm³/mol. The predicted octanol–water partition coefficient (Wildman–Crippen LogP) is 3.02. The van der Waals surface area contributed by atoms with Gasteiger partial charge in [-0.25, -0.2) is 0 Å². The van der Waals surface area contributed by atoms with Crippen LogP contribution in [0.2, 0.25) is 0 Å². The fourth-order valence-corrected chi connectivity index (χ4v) is 1.38. The molecule has 0 spiro atoms. The third-order valence-electron chi connectivity index (χ3n) is 2.21. The van der Waals surface area contributed by atoms with Crippen LogP contribution in [0.25, 0.3) is 0 Å². The number of benzene rings is 2. The van der Waals surface area contributed by atoms with Crippen LogP contribution < -0.4 is 0 Å². The molecule has 0 aliphatic rings.